The number of fused-ring (bicyclic) bond motifs is 1. The number of carbonyl (C=O) groups is 3. The zero-order chi connectivity index (χ0) is 15.4. The molecule has 3 fully saturated rings. The SMILES string of the molecule is COC1(OC)[C@H]2C[C@@H]3[C@@H](OC(C)=O)CCC[C@]31C(=O)C2=O. The highest BCUT2D eigenvalue weighted by Gasteiger charge is 2.80. The standard InChI is InChI=1S/C15H20O6/c1-8(16)21-11-5-4-6-14-9(11)7-10(12(17)13(14)18)15(14,19-2)20-3/h9-11H,4-7H2,1-3H3/t9-,10+,11+,14-/m1/s1. The van der Waals surface area contributed by atoms with Crippen molar-refractivity contribution in [1.29, 1.82) is 0 Å². The van der Waals surface area contributed by atoms with Crippen LogP contribution < -0.4 is 0 Å². The van der Waals surface area contributed by atoms with Crippen LogP contribution in [0.25, 0.3) is 0 Å². The van der Waals surface area contributed by atoms with Gasteiger partial charge in [-0.05, 0) is 25.7 Å². The number of Topliss-reactive ketones (excluding diaryl/α,β-unsaturated/α-hetero) is 2. The molecule has 21 heavy (non-hydrogen) atoms. The summed E-state index contributed by atoms with van der Waals surface area (Å²) in [4.78, 5) is 36.2. The minimum Gasteiger partial charge on any atom is -0.462 e. The van der Waals surface area contributed by atoms with Gasteiger partial charge in [0.2, 0.25) is 11.6 Å². The predicted octanol–water partition coefficient (Wildman–Crippen LogP) is 0.865. The van der Waals surface area contributed by atoms with Gasteiger partial charge in [0, 0.05) is 27.1 Å². The van der Waals surface area contributed by atoms with Crippen LogP contribution in [0.1, 0.15) is 32.6 Å². The van der Waals surface area contributed by atoms with E-state index in [0.29, 0.717) is 25.7 Å². The lowest BCUT2D eigenvalue weighted by Crippen LogP contribution is -2.56. The van der Waals surface area contributed by atoms with Crippen molar-refractivity contribution in [3.63, 3.8) is 0 Å². The topological polar surface area (TPSA) is 78.9 Å². The average molecular weight is 296 g/mol. The molecule has 0 heterocycles. The Kier molecular flexibility index (Phi) is 3.22. The minimum absolute atomic E-state index is 0.203. The van der Waals surface area contributed by atoms with Crippen LogP contribution in [0.2, 0.25) is 0 Å². The maximum absolute atomic E-state index is 12.6. The maximum atomic E-state index is 12.6. The summed E-state index contributed by atoms with van der Waals surface area (Å²) in [5.74, 6) is -3.18. The molecule has 0 aromatic carbocycles. The number of ketones is 2. The van der Waals surface area contributed by atoms with E-state index in [-0.39, 0.29) is 18.0 Å². The van der Waals surface area contributed by atoms with E-state index in [1.165, 1.54) is 21.1 Å². The molecule has 0 unspecified atom stereocenters. The Labute approximate surface area is 123 Å². The van der Waals surface area contributed by atoms with Crippen LogP contribution in [-0.2, 0) is 28.6 Å². The Morgan fingerprint density at radius 2 is 1.90 bits per heavy atom. The fourth-order valence-corrected chi connectivity index (χ4v) is 4.98. The van der Waals surface area contributed by atoms with Gasteiger partial charge in [0.25, 0.3) is 0 Å². The highest BCUT2D eigenvalue weighted by molar-refractivity contribution is 6.43. The summed E-state index contributed by atoms with van der Waals surface area (Å²) in [6, 6.07) is 0. The second-order valence-corrected chi connectivity index (χ2v) is 6.18. The summed E-state index contributed by atoms with van der Waals surface area (Å²) < 4.78 is 16.6. The van der Waals surface area contributed by atoms with E-state index in [4.69, 9.17) is 14.2 Å². The normalized spacial score (nSPS) is 40.2. The van der Waals surface area contributed by atoms with Crippen molar-refractivity contribution in [2.75, 3.05) is 14.2 Å². The van der Waals surface area contributed by atoms with Crippen LogP contribution in [-0.4, -0.2) is 43.6 Å². The Hall–Kier alpha value is -1.27. The fraction of sp³-hybridized carbons (Fsp3) is 0.800. The summed E-state index contributed by atoms with van der Waals surface area (Å²) in [6.45, 7) is 1.36. The molecule has 0 aromatic heterocycles. The van der Waals surface area contributed by atoms with Crippen LogP contribution in [0.5, 0.6) is 0 Å². The van der Waals surface area contributed by atoms with Crippen molar-refractivity contribution in [2.24, 2.45) is 17.3 Å². The van der Waals surface area contributed by atoms with E-state index in [1.54, 1.807) is 0 Å². The fourth-order valence-electron chi connectivity index (χ4n) is 4.98. The summed E-state index contributed by atoms with van der Waals surface area (Å²) in [5.41, 5.74) is -1.00. The first-order valence-electron chi connectivity index (χ1n) is 7.30. The molecule has 6 nitrogen and oxygen atoms in total. The number of hydrogen-bond donors (Lipinski definition) is 0. The Morgan fingerprint density at radius 1 is 1.24 bits per heavy atom. The Morgan fingerprint density at radius 3 is 2.48 bits per heavy atom. The summed E-state index contributed by atoms with van der Waals surface area (Å²) in [6.07, 6.45) is 2.09. The van der Waals surface area contributed by atoms with Crippen molar-refractivity contribution in [3.8, 4) is 0 Å². The maximum Gasteiger partial charge on any atom is 0.302 e. The third kappa shape index (κ3) is 1.52. The first kappa shape index (κ1) is 14.7. The molecule has 0 aliphatic heterocycles. The van der Waals surface area contributed by atoms with E-state index in [0.717, 1.165) is 0 Å². The monoisotopic (exact) mass is 296 g/mol. The first-order chi connectivity index (χ1) is 9.94. The zero-order valence-electron chi connectivity index (χ0n) is 12.5. The smallest absolute Gasteiger partial charge is 0.302 e. The molecule has 116 valence electrons. The third-order valence-corrected chi connectivity index (χ3v) is 5.58. The van der Waals surface area contributed by atoms with Crippen molar-refractivity contribution in [1.82, 2.24) is 0 Å². The van der Waals surface area contributed by atoms with Crippen LogP contribution in [0.15, 0.2) is 0 Å². The molecule has 3 aliphatic carbocycles. The number of esters is 1. The summed E-state index contributed by atoms with van der Waals surface area (Å²) in [5, 5.41) is 0. The van der Waals surface area contributed by atoms with E-state index in [9.17, 15) is 14.4 Å². The molecular formula is C15H20O6. The van der Waals surface area contributed by atoms with Gasteiger partial charge in [-0.2, -0.15) is 0 Å². The van der Waals surface area contributed by atoms with E-state index < -0.39 is 28.7 Å². The van der Waals surface area contributed by atoms with Gasteiger partial charge in [0.05, 0.1) is 11.3 Å². The minimum atomic E-state index is -1.20. The molecule has 0 N–H and O–H groups in total. The molecule has 0 amide bonds. The molecule has 3 rings (SSSR count). The second-order valence-electron chi connectivity index (χ2n) is 6.18. The summed E-state index contributed by atoms with van der Waals surface area (Å²) in [7, 11) is 2.95. The molecule has 0 saturated heterocycles. The number of rotatable bonds is 3. The van der Waals surface area contributed by atoms with Gasteiger partial charge in [-0.15, -0.1) is 0 Å². The number of carbonyl (C=O) groups excluding carboxylic acids is 3. The summed E-state index contributed by atoms with van der Waals surface area (Å²) >= 11 is 0. The van der Waals surface area contributed by atoms with Gasteiger partial charge in [0.1, 0.15) is 6.10 Å². The highest BCUT2D eigenvalue weighted by atomic mass is 16.7. The molecule has 0 aromatic rings. The number of methoxy groups -OCH3 is 2. The zero-order valence-corrected chi connectivity index (χ0v) is 12.5. The van der Waals surface area contributed by atoms with Crippen molar-refractivity contribution < 1.29 is 28.6 Å². The Bertz CT molecular complexity index is 508. The lowest BCUT2D eigenvalue weighted by Gasteiger charge is -2.46. The third-order valence-electron chi connectivity index (χ3n) is 5.58. The first-order valence-corrected chi connectivity index (χ1v) is 7.30. The van der Waals surface area contributed by atoms with Crippen LogP contribution in [0, 0.1) is 17.3 Å². The Balaban J connectivity index is 2.08. The van der Waals surface area contributed by atoms with E-state index in [2.05, 4.69) is 0 Å². The van der Waals surface area contributed by atoms with Gasteiger partial charge in [-0.3, -0.25) is 14.4 Å². The molecule has 3 saturated carbocycles. The molecule has 6 heteroatoms. The molecule has 0 radical (unpaired) electrons. The second kappa shape index (κ2) is 4.61. The quantitative estimate of drug-likeness (QED) is 0.437. The molecule has 4 atom stereocenters. The van der Waals surface area contributed by atoms with Gasteiger partial charge < -0.3 is 14.2 Å². The molecule has 3 aliphatic rings. The van der Waals surface area contributed by atoms with E-state index in [1.807, 2.05) is 0 Å². The van der Waals surface area contributed by atoms with Crippen molar-refractivity contribution in [2.45, 2.75) is 44.5 Å². The average Bonchev–Trinajstić information content (AvgIpc) is 2.84. The van der Waals surface area contributed by atoms with Crippen molar-refractivity contribution >= 4 is 17.5 Å². The van der Waals surface area contributed by atoms with E-state index >= 15 is 0 Å². The lowest BCUT2D eigenvalue weighted by molar-refractivity contribution is -0.273. The van der Waals surface area contributed by atoms with Crippen LogP contribution in [0.3, 0.4) is 0 Å². The van der Waals surface area contributed by atoms with Crippen molar-refractivity contribution in [3.05, 3.63) is 0 Å². The highest BCUT2D eigenvalue weighted by Crippen LogP contribution is 2.67. The van der Waals surface area contributed by atoms with Crippen LogP contribution >= 0.6 is 0 Å². The molecule has 2 bridgehead atoms. The largest absolute Gasteiger partial charge is 0.462 e. The number of ether oxygens (including phenoxy) is 3. The van der Waals surface area contributed by atoms with Gasteiger partial charge in [0.15, 0.2) is 5.79 Å². The van der Waals surface area contributed by atoms with Crippen LogP contribution in [0.4, 0.5) is 0 Å². The van der Waals surface area contributed by atoms with Gasteiger partial charge in [-0.1, -0.05) is 0 Å². The molecular weight excluding hydrogens is 276 g/mol. The lowest BCUT2D eigenvalue weighted by atomic mass is 9.62. The molecule has 1 spiro atoms. The predicted molar refractivity (Wildman–Crippen MR) is 70.2 cm³/mol. The van der Waals surface area contributed by atoms with Gasteiger partial charge >= 0.3 is 5.97 Å². The van der Waals surface area contributed by atoms with Gasteiger partial charge in [-0.25, -0.2) is 0 Å². The number of hydrogen-bond acceptors (Lipinski definition) is 6.